The van der Waals surface area contributed by atoms with Gasteiger partial charge in [0.05, 0.1) is 13.0 Å². The minimum absolute atomic E-state index is 0.136. The van der Waals surface area contributed by atoms with Crippen molar-refractivity contribution in [2.45, 2.75) is 50.5 Å². The Balaban J connectivity index is 1.40. The lowest BCUT2D eigenvalue weighted by atomic mass is 9.98. The van der Waals surface area contributed by atoms with Crippen LogP contribution >= 0.6 is 0 Å². The Kier molecular flexibility index (Phi) is 6.36. The average molecular weight is 402 g/mol. The second kappa shape index (κ2) is 8.93. The molecule has 1 heterocycles. The van der Waals surface area contributed by atoms with E-state index in [1.165, 1.54) is 4.90 Å². The fourth-order valence-corrected chi connectivity index (χ4v) is 3.72. The van der Waals surface area contributed by atoms with E-state index < -0.39 is 11.4 Å². The van der Waals surface area contributed by atoms with E-state index in [1.807, 2.05) is 0 Å². The number of nitrogens with zero attached hydrogens (tertiary/aromatic N) is 1. The lowest BCUT2D eigenvalue weighted by Crippen LogP contribution is -2.44. The minimum atomic E-state index is -0.708. The van der Waals surface area contributed by atoms with E-state index in [4.69, 9.17) is 10.5 Å². The molecule has 1 aromatic carbocycles. The molecule has 3 rings (SSSR count). The SMILES string of the molecule is NC(=O)CCOc1ccc(NC(=O)CCCN2C(=O)NC3(CCCC3)C2=O)cc1. The van der Waals surface area contributed by atoms with E-state index >= 15 is 0 Å². The molecular formula is C20H26N4O5. The molecule has 1 aliphatic carbocycles. The molecule has 0 radical (unpaired) electrons. The van der Waals surface area contributed by atoms with Crippen molar-refractivity contribution >= 4 is 29.4 Å². The predicted octanol–water partition coefficient (Wildman–Crippen LogP) is 1.52. The van der Waals surface area contributed by atoms with Crippen LogP contribution in [0.15, 0.2) is 24.3 Å². The summed E-state index contributed by atoms with van der Waals surface area (Å²) < 4.78 is 5.37. The third-order valence-corrected chi connectivity index (χ3v) is 5.24. The summed E-state index contributed by atoms with van der Waals surface area (Å²) in [4.78, 5) is 48.7. The first-order valence-electron chi connectivity index (χ1n) is 9.85. The normalized spacial score (nSPS) is 17.4. The van der Waals surface area contributed by atoms with Gasteiger partial charge in [0.15, 0.2) is 0 Å². The van der Waals surface area contributed by atoms with Gasteiger partial charge in [-0.1, -0.05) is 12.8 Å². The van der Waals surface area contributed by atoms with E-state index in [-0.39, 0.29) is 43.8 Å². The fourth-order valence-electron chi connectivity index (χ4n) is 3.72. The van der Waals surface area contributed by atoms with Crippen LogP contribution in [-0.4, -0.2) is 47.3 Å². The number of carbonyl (C=O) groups excluding carboxylic acids is 4. The molecule has 0 bridgehead atoms. The number of rotatable bonds is 9. The minimum Gasteiger partial charge on any atom is -0.493 e. The molecule has 4 N–H and O–H groups in total. The highest BCUT2D eigenvalue weighted by atomic mass is 16.5. The number of benzene rings is 1. The van der Waals surface area contributed by atoms with Crippen LogP contribution in [0.25, 0.3) is 0 Å². The van der Waals surface area contributed by atoms with E-state index in [9.17, 15) is 19.2 Å². The zero-order valence-electron chi connectivity index (χ0n) is 16.2. The molecule has 0 unspecified atom stereocenters. The van der Waals surface area contributed by atoms with Gasteiger partial charge in [-0.3, -0.25) is 19.3 Å². The van der Waals surface area contributed by atoms with Gasteiger partial charge in [-0.25, -0.2) is 4.79 Å². The summed E-state index contributed by atoms with van der Waals surface area (Å²) in [5, 5.41) is 5.60. The van der Waals surface area contributed by atoms with Crippen molar-refractivity contribution in [2.75, 3.05) is 18.5 Å². The van der Waals surface area contributed by atoms with Gasteiger partial charge in [-0.05, 0) is 43.5 Å². The molecule has 9 nitrogen and oxygen atoms in total. The zero-order valence-corrected chi connectivity index (χ0v) is 16.2. The Hall–Kier alpha value is -3.10. The summed E-state index contributed by atoms with van der Waals surface area (Å²) in [7, 11) is 0. The zero-order chi connectivity index (χ0) is 20.9. The first kappa shape index (κ1) is 20.6. The molecule has 0 atom stereocenters. The van der Waals surface area contributed by atoms with Crippen LogP contribution in [-0.2, 0) is 14.4 Å². The average Bonchev–Trinajstić information content (AvgIpc) is 3.23. The molecular weight excluding hydrogens is 376 g/mol. The van der Waals surface area contributed by atoms with Crippen molar-refractivity contribution in [1.29, 1.82) is 0 Å². The molecule has 1 saturated carbocycles. The molecule has 2 fully saturated rings. The van der Waals surface area contributed by atoms with Gasteiger partial charge in [0.25, 0.3) is 5.91 Å². The van der Waals surface area contributed by atoms with Crippen LogP contribution in [0.5, 0.6) is 5.75 Å². The van der Waals surface area contributed by atoms with Gasteiger partial charge >= 0.3 is 6.03 Å². The van der Waals surface area contributed by atoms with Crippen molar-refractivity contribution in [3.05, 3.63) is 24.3 Å². The highest BCUT2D eigenvalue weighted by molar-refractivity contribution is 6.07. The van der Waals surface area contributed by atoms with Crippen LogP contribution in [0, 0.1) is 0 Å². The number of hydrogen-bond acceptors (Lipinski definition) is 5. The largest absolute Gasteiger partial charge is 0.493 e. The van der Waals surface area contributed by atoms with Gasteiger partial charge < -0.3 is 21.1 Å². The molecule has 1 aliphatic heterocycles. The molecule has 0 aromatic heterocycles. The number of primary amides is 1. The molecule has 1 spiro atoms. The first-order chi connectivity index (χ1) is 13.9. The summed E-state index contributed by atoms with van der Waals surface area (Å²) in [6.45, 7) is 0.428. The summed E-state index contributed by atoms with van der Waals surface area (Å²) in [5.41, 5.74) is 4.95. The third-order valence-electron chi connectivity index (χ3n) is 5.24. The quantitative estimate of drug-likeness (QED) is 0.539. The molecule has 156 valence electrons. The summed E-state index contributed by atoms with van der Waals surface area (Å²) >= 11 is 0. The van der Waals surface area contributed by atoms with E-state index in [1.54, 1.807) is 24.3 Å². The lowest BCUT2D eigenvalue weighted by Gasteiger charge is -2.19. The Labute approximate surface area is 168 Å². The molecule has 5 amide bonds. The van der Waals surface area contributed by atoms with E-state index in [0.29, 0.717) is 30.7 Å². The van der Waals surface area contributed by atoms with Crippen LogP contribution in [0.1, 0.15) is 44.9 Å². The van der Waals surface area contributed by atoms with Crippen LogP contribution < -0.4 is 21.1 Å². The Bertz CT molecular complexity index is 787. The number of ether oxygens (including phenoxy) is 1. The maximum atomic E-state index is 12.6. The van der Waals surface area contributed by atoms with Gasteiger partial charge in [-0.15, -0.1) is 0 Å². The first-order valence-corrected chi connectivity index (χ1v) is 9.85. The van der Waals surface area contributed by atoms with Crippen molar-refractivity contribution in [3.8, 4) is 5.75 Å². The smallest absolute Gasteiger partial charge is 0.325 e. The molecule has 9 heteroatoms. The molecule has 1 aromatic rings. The van der Waals surface area contributed by atoms with Crippen molar-refractivity contribution in [1.82, 2.24) is 10.2 Å². The van der Waals surface area contributed by atoms with Crippen molar-refractivity contribution in [3.63, 3.8) is 0 Å². The van der Waals surface area contributed by atoms with Crippen LogP contribution in [0.2, 0.25) is 0 Å². The number of nitrogens with two attached hydrogens (primary N) is 1. The summed E-state index contributed by atoms with van der Waals surface area (Å²) in [6.07, 6.45) is 4.00. The second-order valence-electron chi connectivity index (χ2n) is 7.42. The van der Waals surface area contributed by atoms with Gasteiger partial charge in [-0.2, -0.15) is 0 Å². The second-order valence-corrected chi connectivity index (χ2v) is 7.42. The number of nitrogens with one attached hydrogen (secondary N) is 2. The maximum absolute atomic E-state index is 12.6. The van der Waals surface area contributed by atoms with Gasteiger partial charge in [0.2, 0.25) is 11.8 Å². The molecule has 29 heavy (non-hydrogen) atoms. The monoisotopic (exact) mass is 402 g/mol. The number of amides is 5. The molecule has 2 aliphatic rings. The van der Waals surface area contributed by atoms with Gasteiger partial charge in [0.1, 0.15) is 11.3 Å². The van der Waals surface area contributed by atoms with Crippen molar-refractivity contribution in [2.24, 2.45) is 5.73 Å². The Morgan fingerprint density at radius 3 is 2.48 bits per heavy atom. The summed E-state index contributed by atoms with van der Waals surface area (Å²) in [6, 6.07) is 6.40. The number of carbonyl (C=O) groups is 4. The highest BCUT2D eigenvalue weighted by Crippen LogP contribution is 2.35. The van der Waals surface area contributed by atoms with Crippen molar-refractivity contribution < 1.29 is 23.9 Å². The van der Waals surface area contributed by atoms with Gasteiger partial charge in [0, 0.05) is 18.7 Å². The summed E-state index contributed by atoms with van der Waals surface area (Å²) in [5.74, 6) is -0.216. The Morgan fingerprint density at radius 1 is 1.14 bits per heavy atom. The number of anilines is 1. The topological polar surface area (TPSA) is 131 Å². The number of urea groups is 1. The van der Waals surface area contributed by atoms with E-state index in [2.05, 4.69) is 10.6 Å². The predicted molar refractivity (Wildman–Crippen MR) is 105 cm³/mol. The maximum Gasteiger partial charge on any atom is 0.325 e. The van der Waals surface area contributed by atoms with Crippen LogP contribution in [0.3, 0.4) is 0 Å². The number of hydrogen-bond donors (Lipinski definition) is 3. The van der Waals surface area contributed by atoms with Crippen LogP contribution in [0.4, 0.5) is 10.5 Å². The standard InChI is InChI=1S/C20H26N4O5/c21-16(25)9-13-29-15-7-5-14(6-8-15)22-17(26)4-3-12-24-18(27)20(23-19(24)28)10-1-2-11-20/h5-8H,1-4,9-13H2,(H2,21,25)(H,22,26)(H,23,28). The highest BCUT2D eigenvalue weighted by Gasteiger charge is 2.51. The number of imide groups is 1. The van der Waals surface area contributed by atoms with E-state index in [0.717, 1.165) is 12.8 Å². The Morgan fingerprint density at radius 2 is 1.83 bits per heavy atom. The lowest BCUT2D eigenvalue weighted by molar-refractivity contribution is -0.131. The fraction of sp³-hybridized carbons (Fsp3) is 0.500. The molecule has 1 saturated heterocycles. The third kappa shape index (κ3) is 5.04.